The zero-order chi connectivity index (χ0) is 12.4. The van der Waals surface area contributed by atoms with E-state index in [1.807, 2.05) is 12.1 Å². The van der Waals surface area contributed by atoms with Gasteiger partial charge in [-0.1, -0.05) is 32.9 Å². The molecule has 90 valence electrons. The first kappa shape index (κ1) is 13.2. The highest BCUT2D eigenvalue weighted by Crippen LogP contribution is 2.21. The van der Waals surface area contributed by atoms with Crippen LogP contribution in [0.5, 0.6) is 0 Å². The van der Waals surface area contributed by atoms with Crippen LogP contribution in [-0.2, 0) is 16.3 Å². The van der Waals surface area contributed by atoms with Gasteiger partial charge in [-0.2, -0.15) is 0 Å². The predicted molar refractivity (Wildman–Crippen MR) is 67.3 cm³/mol. The van der Waals surface area contributed by atoms with Crippen LogP contribution in [0.3, 0.4) is 0 Å². The molecule has 0 aliphatic heterocycles. The van der Waals surface area contributed by atoms with Crippen LogP contribution in [0, 0.1) is 5.41 Å². The van der Waals surface area contributed by atoms with Crippen molar-refractivity contribution in [3.05, 3.63) is 29.8 Å². The summed E-state index contributed by atoms with van der Waals surface area (Å²) in [7, 11) is -3.06. The van der Waals surface area contributed by atoms with Crippen molar-refractivity contribution in [1.29, 1.82) is 0 Å². The second-order valence-electron chi connectivity index (χ2n) is 5.48. The van der Waals surface area contributed by atoms with Crippen molar-refractivity contribution in [2.45, 2.75) is 38.5 Å². The molecule has 1 aromatic rings. The topological polar surface area (TPSA) is 34.1 Å². The lowest BCUT2D eigenvalue weighted by atomic mass is 9.89. The molecule has 0 saturated carbocycles. The molecule has 0 amide bonds. The Labute approximate surface area is 98.6 Å². The first-order chi connectivity index (χ1) is 7.18. The van der Waals surface area contributed by atoms with Crippen LogP contribution >= 0.6 is 0 Å². The molecule has 2 nitrogen and oxygen atoms in total. The number of hydrogen-bond acceptors (Lipinski definition) is 2. The second-order valence-corrected chi connectivity index (χ2v) is 7.49. The SMILES string of the molecule is CC(C)(C)CCc1ccc(S(C)(=O)=O)cc1. The maximum atomic E-state index is 11.3. The molecule has 0 spiro atoms. The van der Waals surface area contributed by atoms with Gasteiger partial charge in [0.05, 0.1) is 4.90 Å². The molecule has 1 aromatic carbocycles. The van der Waals surface area contributed by atoms with Crippen LogP contribution in [-0.4, -0.2) is 14.7 Å². The fraction of sp³-hybridized carbons (Fsp3) is 0.538. The summed E-state index contributed by atoms with van der Waals surface area (Å²) in [5.41, 5.74) is 1.51. The Morgan fingerprint density at radius 2 is 1.56 bits per heavy atom. The van der Waals surface area contributed by atoms with Crippen molar-refractivity contribution in [3.63, 3.8) is 0 Å². The van der Waals surface area contributed by atoms with Crippen molar-refractivity contribution in [2.75, 3.05) is 6.26 Å². The van der Waals surface area contributed by atoms with Crippen molar-refractivity contribution >= 4 is 9.84 Å². The Morgan fingerprint density at radius 3 is 1.94 bits per heavy atom. The van der Waals surface area contributed by atoms with Crippen molar-refractivity contribution in [3.8, 4) is 0 Å². The molecule has 3 heteroatoms. The van der Waals surface area contributed by atoms with E-state index < -0.39 is 9.84 Å². The average molecular weight is 240 g/mol. The average Bonchev–Trinajstić information content (AvgIpc) is 2.13. The smallest absolute Gasteiger partial charge is 0.175 e. The maximum absolute atomic E-state index is 11.3. The molecule has 0 aliphatic rings. The summed E-state index contributed by atoms with van der Waals surface area (Å²) >= 11 is 0. The monoisotopic (exact) mass is 240 g/mol. The van der Waals surface area contributed by atoms with Crippen molar-refractivity contribution < 1.29 is 8.42 Å². The largest absolute Gasteiger partial charge is 0.224 e. The Hall–Kier alpha value is -0.830. The van der Waals surface area contributed by atoms with Gasteiger partial charge in [-0.25, -0.2) is 8.42 Å². The normalized spacial score (nSPS) is 12.8. The fourth-order valence-electron chi connectivity index (χ4n) is 1.42. The zero-order valence-electron chi connectivity index (χ0n) is 10.4. The Bertz CT molecular complexity index is 436. The third-order valence-electron chi connectivity index (χ3n) is 2.52. The Kier molecular flexibility index (Phi) is 3.79. The molecular weight excluding hydrogens is 220 g/mol. The van der Waals surface area contributed by atoms with E-state index in [1.165, 1.54) is 11.8 Å². The van der Waals surface area contributed by atoms with E-state index >= 15 is 0 Å². The highest BCUT2D eigenvalue weighted by atomic mass is 32.2. The van der Waals surface area contributed by atoms with Gasteiger partial charge in [-0.3, -0.25) is 0 Å². The van der Waals surface area contributed by atoms with Gasteiger partial charge < -0.3 is 0 Å². The summed E-state index contributed by atoms with van der Waals surface area (Å²) in [5.74, 6) is 0. The van der Waals surface area contributed by atoms with Gasteiger partial charge in [-0.15, -0.1) is 0 Å². The fourth-order valence-corrected chi connectivity index (χ4v) is 2.05. The van der Waals surface area contributed by atoms with Crippen LogP contribution in [0.4, 0.5) is 0 Å². The van der Waals surface area contributed by atoms with Crippen molar-refractivity contribution in [2.24, 2.45) is 5.41 Å². The zero-order valence-corrected chi connectivity index (χ0v) is 11.3. The third-order valence-corrected chi connectivity index (χ3v) is 3.64. The standard InChI is InChI=1S/C13H20O2S/c1-13(2,3)10-9-11-5-7-12(8-6-11)16(4,14)15/h5-8H,9-10H2,1-4H3. The van der Waals surface area contributed by atoms with Crippen LogP contribution in [0.15, 0.2) is 29.2 Å². The molecular formula is C13H20O2S. The van der Waals surface area contributed by atoms with Crippen LogP contribution in [0.25, 0.3) is 0 Å². The van der Waals surface area contributed by atoms with Gasteiger partial charge in [0.25, 0.3) is 0 Å². The Morgan fingerprint density at radius 1 is 1.06 bits per heavy atom. The quantitative estimate of drug-likeness (QED) is 0.813. The van der Waals surface area contributed by atoms with E-state index in [9.17, 15) is 8.42 Å². The van der Waals surface area contributed by atoms with Crippen LogP contribution < -0.4 is 0 Å². The van der Waals surface area contributed by atoms with E-state index in [4.69, 9.17) is 0 Å². The number of hydrogen-bond donors (Lipinski definition) is 0. The van der Waals surface area contributed by atoms with Crippen LogP contribution in [0.1, 0.15) is 32.8 Å². The summed E-state index contributed by atoms with van der Waals surface area (Å²) in [6.45, 7) is 6.62. The van der Waals surface area contributed by atoms with Gasteiger partial charge in [0.2, 0.25) is 0 Å². The predicted octanol–water partition coefficient (Wildman–Crippen LogP) is 3.07. The molecule has 0 radical (unpaired) electrons. The molecule has 0 saturated heterocycles. The molecule has 16 heavy (non-hydrogen) atoms. The number of aryl methyl sites for hydroxylation is 1. The lowest BCUT2D eigenvalue weighted by molar-refractivity contribution is 0.378. The van der Waals surface area contributed by atoms with E-state index in [2.05, 4.69) is 20.8 Å². The summed E-state index contributed by atoms with van der Waals surface area (Å²) in [6, 6.07) is 7.19. The summed E-state index contributed by atoms with van der Waals surface area (Å²) in [6.07, 6.45) is 3.33. The molecule has 0 N–H and O–H groups in total. The molecule has 0 aromatic heterocycles. The molecule has 0 fully saturated rings. The molecule has 0 bridgehead atoms. The summed E-state index contributed by atoms with van der Waals surface area (Å²) in [4.78, 5) is 0.395. The van der Waals surface area contributed by atoms with Crippen molar-refractivity contribution in [1.82, 2.24) is 0 Å². The minimum atomic E-state index is -3.06. The molecule has 0 heterocycles. The highest BCUT2D eigenvalue weighted by Gasteiger charge is 2.11. The van der Waals surface area contributed by atoms with E-state index in [0.717, 1.165) is 12.8 Å². The number of sulfone groups is 1. The first-order valence-corrected chi connectivity index (χ1v) is 7.37. The first-order valence-electron chi connectivity index (χ1n) is 5.47. The minimum absolute atomic E-state index is 0.315. The maximum Gasteiger partial charge on any atom is 0.175 e. The summed E-state index contributed by atoms with van der Waals surface area (Å²) in [5, 5.41) is 0. The van der Waals surface area contributed by atoms with E-state index in [0.29, 0.717) is 10.3 Å². The molecule has 0 unspecified atom stereocenters. The lowest BCUT2D eigenvalue weighted by Gasteiger charge is -2.17. The van der Waals surface area contributed by atoms with Gasteiger partial charge in [-0.05, 0) is 36.0 Å². The van der Waals surface area contributed by atoms with Gasteiger partial charge in [0.1, 0.15) is 0 Å². The highest BCUT2D eigenvalue weighted by molar-refractivity contribution is 7.90. The second kappa shape index (κ2) is 4.58. The number of benzene rings is 1. The van der Waals surface area contributed by atoms with E-state index in [1.54, 1.807) is 12.1 Å². The van der Waals surface area contributed by atoms with Crippen LogP contribution in [0.2, 0.25) is 0 Å². The molecule has 0 atom stereocenters. The molecule has 1 rings (SSSR count). The summed E-state index contributed by atoms with van der Waals surface area (Å²) < 4.78 is 22.5. The Balaban J connectivity index is 2.73. The van der Waals surface area contributed by atoms with Gasteiger partial charge in [0.15, 0.2) is 9.84 Å². The van der Waals surface area contributed by atoms with Gasteiger partial charge in [0, 0.05) is 6.26 Å². The molecule has 0 aliphatic carbocycles. The van der Waals surface area contributed by atoms with Gasteiger partial charge >= 0.3 is 0 Å². The number of rotatable bonds is 3. The lowest BCUT2D eigenvalue weighted by Crippen LogP contribution is -2.06. The minimum Gasteiger partial charge on any atom is -0.224 e. The van der Waals surface area contributed by atoms with E-state index in [-0.39, 0.29) is 0 Å². The third kappa shape index (κ3) is 4.35.